The van der Waals surface area contributed by atoms with E-state index >= 15 is 0 Å². The van der Waals surface area contributed by atoms with E-state index in [1.807, 2.05) is 0 Å². The fraction of sp³-hybridized carbons (Fsp3) is 0.600. The van der Waals surface area contributed by atoms with Crippen molar-refractivity contribution in [1.82, 2.24) is 5.32 Å². The highest BCUT2D eigenvalue weighted by atomic mass is 35.5. The maximum absolute atomic E-state index is 13.0. The van der Waals surface area contributed by atoms with Gasteiger partial charge >= 0.3 is 0 Å². The van der Waals surface area contributed by atoms with Crippen LogP contribution in [0.15, 0.2) is 18.2 Å². The molecule has 0 saturated carbocycles. The van der Waals surface area contributed by atoms with Gasteiger partial charge in [0.05, 0.1) is 0 Å². The number of hydrogen-bond acceptors (Lipinski definition) is 1. The Morgan fingerprint density at radius 1 is 1.28 bits per heavy atom. The maximum Gasteiger partial charge on any atom is 0.124 e. The molecule has 0 aliphatic rings. The van der Waals surface area contributed by atoms with E-state index in [1.165, 1.54) is 18.6 Å². The van der Waals surface area contributed by atoms with Gasteiger partial charge in [-0.15, -0.1) is 0 Å². The summed E-state index contributed by atoms with van der Waals surface area (Å²) in [6.45, 7) is 6.42. The Hall–Kier alpha value is -0.600. The second-order valence-electron chi connectivity index (χ2n) is 4.80. The lowest BCUT2D eigenvalue weighted by molar-refractivity contribution is 0.439. The van der Waals surface area contributed by atoms with E-state index in [1.54, 1.807) is 6.07 Å². The SMILES string of the molecule is CCCNCC(CCC)Cc1ccc(F)cc1Cl. The van der Waals surface area contributed by atoms with Crippen LogP contribution in [-0.4, -0.2) is 13.1 Å². The molecule has 0 heterocycles. The minimum absolute atomic E-state index is 0.264. The summed E-state index contributed by atoms with van der Waals surface area (Å²) in [7, 11) is 0. The lowest BCUT2D eigenvalue weighted by Crippen LogP contribution is -2.25. The Morgan fingerprint density at radius 3 is 2.67 bits per heavy atom. The summed E-state index contributed by atoms with van der Waals surface area (Å²) >= 11 is 6.07. The molecule has 18 heavy (non-hydrogen) atoms. The van der Waals surface area contributed by atoms with Crippen molar-refractivity contribution >= 4 is 11.6 Å². The van der Waals surface area contributed by atoms with E-state index in [0.29, 0.717) is 10.9 Å². The third-order valence-electron chi connectivity index (χ3n) is 3.08. The van der Waals surface area contributed by atoms with Gasteiger partial charge in [0.25, 0.3) is 0 Å². The molecule has 0 aliphatic heterocycles. The lowest BCUT2D eigenvalue weighted by atomic mass is 9.95. The topological polar surface area (TPSA) is 12.0 Å². The van der Waals surface area contributed by atoms with Crippen molar-refractivity contribution in [3.8, 4) is 0 Å². The van der Waals surface area contributed by atoms with Crippen LogP contribution in [0.3, 0.4) is 0 Å². The second-order valence-corrected chi connectivity index (χ2v) is 5.21. The lowest BCUT2D eigenvalue weighted by Gasteiger charge is -2.17. The van der Waals surface area contributed by atoms with E-state index in [4.69, 9.17) is 11.6 Å². The van der Waals surface area contributed by atoms with Crippen molar-refractivity contribution in [2.45, 2.75) is 39.5 Å². The van der Waals surface area contributed by atoms with Crippen molar-refractivity contribution in [2.75, 3.05) is 13.1 Å². The highest BCUT2D eigenvalue weighted by Crippen LogP contribution is 2.22. The largest absolute Gasteiger partial charge is 0.316 e. The Kier molecular flexibility index (Phi) is 7.29. The molecule has 0 amide bonds. The number of rotatable bonds is 8. The van der Waals surface area contributed by atoms with Gasteiger partial charge in [0.1, 0.15) is 5.82 Å². The van der Waals surface area contributed by atoms with Gasteiger partial charge < -0.3 is 5.32 Å². The van der Waals surface area contributed by atoms with Crippen LogP contribution in [0.2, 0.25) is 5.02 Å². The molecule has 1 aromatic rings. The monoisotopic (exact) mass is 271 g/mol. The van der Waals surface area contributed by atoms with Crippen LogP contribution in [-0.2, 0) is 6.42 Å². The predicted octanol–water partition coefficient (Wildman–Crippen LogP) is 4.44. The highest BCUT2D eigenvalue weighted by molar-refractivity contribution is 6.31. The molecule has 0 fully saturated rings. The van der Waals surface area contributed by atoms with E-state index in [-0.39, 0.29) is 5.82 Å². The Balaban J connectivity index is 2.58. The standard InChI is InChI=1S/C15H23ClFN/c1-3-5-12(11-18-8-4-2)9-13-6-7-14(17)10-15(13)16/h6-7,10,12,18H,3-5,8-9,11H2,1-2H3. The van der Waals surface area contributed by atoms with Crippen LogP contribution < -0.4 is 5.32 Å². The van der Waals surface area contributed by atoms with Crippen molar-refractivity contribution in [3.63, 3.8) is 0 Å². The first-order chi connectivity index (χ1) is 8.67. The molecule has 1 rings (SSSR count). The molecule has 0 spiro atoms. The van der Waals surface area contributed by atoms with Crippen molar-refractivity contribution in [2.24, 2.45) is 5.92 Å². The molecule has 1 N–H and O–H groups in total. The van der Waals surface area contributed by atoms with E-state index in [0.717, 1.165) is 37.9 Å². The summed E-state index contributed by atoms with van der Waals surface area (Å²) < 4.78 is 13.0. The van der Waals surface area contributed by atoms with Crippen LogP contribution >= 0.6 is 11.6 Å². The van der Waals surface area contributed by atoms with Gasteiger partial charge in [-0.25, -0.2) is 4.39 Å². The van der Waals surface area contributed by atoms with Crippen molar-refractivity contribution in [1.29, 1.82) is 0 Å². The van der Waals surface area contributed by atoms with E-state index in [2.05, 4.69) is 19.2 Å². The number of nitrogens with one attached hydrogen (secondary N) is 1. The zero-order valence-corrected chi connectivity index (χ0v) is 12.1. The summed E-state index contributed by atoms with van der Waals surface area (Å²) in [6, 6.07) is 4.70. The quantitative estimate of drug-likeness (QED) is 0.690. The van der Waals surface area contributed by atoms with Gasteiger partial charge in [-0.05, 0) is 56.0 Å². The molecule has 3 heteroatoms. The Bertz CT molecular complexity index is 354. The second kappa shape index (κ2) is 8.49. The first kappa shape index (κ1) is 15.5. The van der Waals surface area contributed by atoms with Gasteiger partial charge in [-0.1, -0.05) is 37.9 Å². The fourth-order valence-corrected chi connectivity index (χ4v) is 2.41. The average Bonchev–Trinajstić information content (AvgIpc) is 2.33. The molecule has 0 saturated heterocycles. The van der Waals surface area contributed by atoms with Gasteiger partial charge in [0.15, 0.2) is 0 Å². The van der Waals surface area contributed by atoms with Gasteiger partial charge in [0, 0.05) is 5.02 Å². The highest BCUT2D eigenvalue weighted by Gasteiger charge is 2.11. The molecule has 0 aliphatic carbocycles. The summed E-state index contributed by atoms with van der Waals surface area (Å²) in [5.41, 5.74) is 1.05. The average molecular weight is 272 g/mol. The minimum atomic E-state index is -0.264. The molecule has 102 valence electrons. The molecule has 0 aromatic heterocycles. The van der Waals surface area contributed by atoms with Gasteiger partial charge in [-0.2, -0.15) is 0 Å². The summed E-state index contributed by atoms with van der Waals surface area (Å²) in [5.74, 6) is 0.310. The van der Waals surface area contributed by atoms with E-state index in [9.17, 15) is 4.39 Å². The van der Waals surface area contributed by atoms with Crippen LogP contribution in [0, 0.1) is 11.7 Å². The number of benzene rings is 1. The van der Waals surface area contributed by atoms with Crippen molar-refractivity contribution in [3.05, 3.63) is 34.6 Å². The summed E-state index contributed by atoms with van der Waals surface area (Å²) in [6.07, 6.45) is 4.40. The van der Waals surface area contributed by atoms with E-state index < -0.39 is 0 Å². The van der Waals surface area contributed by atoms with Crippen LogP contribution in [0.25, 0.3) is 0 Å². The first-order valence-electron chi connectivity index (χ1n) is 6.82. The van der Waals surface area contributed by atoms with Gasteiger partial charge in [0.2, 0.25) is 0 Å². The molecule has 1 atom stereocenters. The molecular weight excluding hydrogens is 249 g/mol. The molecular formula is C15H23ClFN. The zero-order chi connectivity index (χ0) is 13.4. The molecule has 1 aromatic carbocycles. The smallest absolute Gasteiger partial charge is 0.124 e. The fourth-order valence-electron chi connectivity index (χ4n) is 2.17. The number of hydrogen-bond donors (Lipinski definition) is 1. The molecule has 0 radical (unpaired) electrons. The summed E-state index contributed by atoms with van der Waals surface area (Å²) in [5, 5.41) is 4.00. The molecule has 1 nitrogen and oxygen atoms in total. The first-order valence-corrected chi connectivity index (χ1v) is 7.19. The third-order valence-corrected chi connectivity index (χ3v) is 3.43. The van der Waals surface area contributed by atoms with Crippen LogP contribution in [0.1, 0.15) is 38.7 Å². The maximum atomic E-state index is 13.0. The molecule has 1 unspecified atom stereocenters. The Morgan fingerprint density at radius 2 is 2.06 bits per heavy atom. The predicted molar refractivity (Wildman–Crippen MR) is 76.7 cm³/mol. The van der Waals surface area contributed by atoms with Gasteiger partial charge in [-0.3, -0.25) is 0 Å². The zero-order valence-electron chi connectivity index (χ0n) is 11.3. The normalized spacial score (nSPS) is 12.7. The molecule has 0 bridgehead atoms. The summed E-state index contributed by atoms with van der Waals surface area (Å²) in [4.78, 5) is 0. The number of halogens is 2. The minimum Gasteiger partial charge on any atom is -0.316 e. The third kappa shape index (κ3) is 5.36. The van der Waals surface area contributed by atoms with Crippen LogP contribution in [0.4, 0.5) is 4.39 Å². The Labute approximate surface area is 115 Å². The van der Waals surface area contributed by atoms with Crippen molar-refractivity contribution < 1.29 is 4.39 Å². The van der Waals surface area contributed by atoms with Crippen LogP contribution in [0.5, 0.6) is 0 Å².